The first-order valence-electron chi connectivity index (χ1n) is 11.7. The van der Waals surface area contributed by atoms with Crippen molar-refractivity contribution in [1.29, 1.82) is 0 Å². The van der Waals surface area contributed by atoms with Crippen LogP contribution in [0.25, 0.3) is 0 Å². The van der Waals surface area contributed by atoms with E-state index in [-0.39, 0.29) is 12.0 Å². The standard InChI is InChI=1S/C26H43NO2/c1-29-25(24-20-16-15-17-21-24)22-18-13-11-9-7-5-3-2-4-6-8-10-12-14-19-23-26(27)28/h2,4,15-17,20-21,25H,3,5-14,18-19,22-23H2,1H3,(H2,27,28)/b4-2-. The summed E-state index contributed by atoms with van der Waals surface area (Å²) < 4.78 is 5.64. The molecule has 0 radical (unpaired) electrons. The lowest BCUT2D eigenvalue weighted by molar-refractivity contribution is -0.118. The third-order valence-corrected chi connectivity index (χ3v) is 5.50. The molecule has 0 aliphatic heterocycles. The van der Waals surface area contributed by atoms with Gasteiger partial charge in [0, 0.05) is 13.5 Å². The number of ether oxygens (including phenoxy) is 1. The van der Waals surface area contributed by atoms with Crippen LogP contribution in [0.3, 0.4) is 0 Å². The molecule has 0 aliphatic carbocycles. The largest absolute Gasteiger partial charge is 0.377 e. The Bertz CT molecular complexity index is 527. The van der Waals surface area contributed by atoms with E-state index >= 15 is 0 Å². The summed E-state index contributed by atoms with van der Waals surface area (Å²) in [7, 11) is 1.82. The van der Waals surface area contributed by atoms with E-state index in [1.165, 1.54) is 76.2 Å². The van der Waals surface area contributed by atoms with Crippen LogP contribution in [-0.2, 0) is 9.53 Å². The second-order valence-electron chi connectivity index (χ2n) is 8.08. The molecule has 1 rings (SSSR count). The van der Waals surface area contributed by atoms with Crippen molar-refractivity contribution in [2.24, 2.45) is 5.73 Å². The maximum Gasteiger partial charge on any atom is 0.217 e. The summed E-state index contributed by atoms with van der Waals surface area (Å²) >= 11 is 0. The normalized spacial score (nSPS) is 12.4. The number of carbonyl (C=O) groups is 1. The first-order valence-corrected chi connectivity index (χ1v) is 11.7. The van der Waals surface area contributed by atoms with Gasteiger partial charge in [-0.25, -0.2) is 0 Å². The van der Waals surface area contributed by atoms with E-state index in [0.29, 0.717) is 6.42 Å². The molecule has 0 saturated heterocycles. The van der Waals surface area contributed by atoms with E-state index in [0.717, 1.165) is 19.3 Å². The monoisotopic (exact) mass is 401 g/mol. The maximum atomic E-state index is 10.6. The zero-order valence-corrected chi connectivity index (χ0v) is 18.6. The Morgan fingerprint density at radius 2 is 1.34 bits per heavy atom. The predicted octanol–water partition coefficient (Wildman–Crippen LogP) is 7.27. The SMILES string of the molecule is COC(CCCCCCCC/C=C\CCCCCCCC(N)=O)c1ccccc1. The minimum atomic E-state index is -0.171. The van der Waals surface area contributed by atoms with Crippen molar-refractivity contribution in [2.75, 3.05) is 7.11 Å². The molecule has 164 valence electrons. The van der Waals surface area contributed by atoms with Crippen molar-refractivity contribution < 1.29 is 9.53 Å². The molecule has 0 saturated carbocycles. The Kier molecular flexibility index (Phi) is 16.2. The fraction of sp³-hybridized carbons (Fsp3) is 0.654. The molecule has 1 unspecified atom stereocenters. The number of primary amides is 1. The second kappa shape index (κ2) is 18.4. The zero-order valence-electron chi connectivity index (χ0n) is 18.6. The Hall–Kier alpha value is -1.61. The van der Waals surface area contributed by atoms with Crippen LogP contribution in [0.1, 0.15) is 108 Å². The number of hydrogen-bond acceptors (Lipinski definition) is 2. The molecular formula is C26H43NO2. The molecule has 3 heteroatoms. The highest BCUT2D eigenvalue weighted by molar-refractivity contribution is 5.73. The number of methoxy groups -OCH3 is 1. The summed E-state index contributed by atoms with van der Waals surface area (Å²) in [5, 5.41) is 0. The number of benzene rings is 1. The molecule has 0 aliphatic rings. The van der Waals surface area contributed by atoms with Gasteiger partial charge in [0.15, 0.2) is 0 Å². The van der Waals surface area contributed by atoms with E-state index in [1.807, 2.05) is 7.11 Å². The fourth-order valence-corrected chi connectivity index (χ4v) is 3.71. The Balaban J connectivity index is 1.85. The summed E-state index contributed by atoms with van der Waals surface area (Å²) in [4.78, 5) is 10.6. The molecule has 29 heavy (non-hydrogen) atoms. The van der Waals surface area contributed by atoms with Gasteiger partial charge < -0.3 is 10.5 Å². The minimum absolute atomic E-state index is 0.171. The third-order valence-electron chi connectivity index (χ3n) is 5.50. The highest BCUT2D eigenvalue weighted by Gasteiger charge is 2.08. The van der Waals surface area contributed by atoms with E-state index in [4.69, 9.17) is 10.5 Å². The van der Waals surface area contributed by atoms with Crippen LogP contribution < -0.4 is 5.73 Å². The summed E-state index contributed by atoms with van der Waals surface area (Å²) in [5.74, 6) is -0.171. The molecule has 1 aromatic carbocycles. The van der Waals surface area contributed by atoms with Gasteiger partial charge >= 0.3 is 0 Å². The van der Waals surface area contributed by atoms with Crippen LogP contribution in [0.5, 0.6) is 0 Å². The highest BCUT2D eigenvalue weighted by Crippen LogP contribution is 2.23. The lowest BCUT2D eigenvalue weighted by Crippen LogP contribution is -2.09. The second-order valence-corrected chi connectivity index (χ2v) is 8.08. The van der Waals surface area contributed by atoms with E-state index < -0.39 is 0 Å². The van der Waals surface area contributed by atoms with Gasteiger partial charge in [-0.05, 0) is 44.1 Å². The molecule has 0 aromatic heterocycles. The fourth-order valence-electron chi connectivity index (χ4n) is 3.71. The number of hydrogen-bond donors (Lipinski definition) is 1. The first-order chi connectivity index (χ1) is 14.2. The number of unbranched alkanes of at least 4 members (excludes halogenated alkanes) is 11. The molecule has 0 spiro atoms. The lowest BCUT2D eigenvalue weighted by Gasteiger charge is -2.15. The molecule has 2 N–H and O–H groups in total. The van der Waals surface area contributed by atoms with Gasteiger partial charge in [0.25, 0.3) is 0 Å². The van der Waals surface area contributed by atoms with Crippen LogP contribution in [0.4, 0.5) is 0 Å². The summed E-state index contributed by atoms with van der Waals surface area (Å²) in [5.41, 5.74) is 6.43. The van der Waals surface area contributed by atoms with Gasteiger partial charge in [-0.3, -0.25) is 4.79 Å². The summed E-state index contributed by atoms with van der Waals surface area (Å²) in [6.45, 7) is 0. The molecule has 0 fully saturated rings. The highest BCUT2D eigenvalue weighted by atomic mass is 16.5. The van der Waals surface area contributed by atoms with Crippen molar-refractivity contribution in [3.05, 3.63) is 48.0 Å². The minimum Gasteiger partial charge on any atom is -0.377 e. The van der Waals surface area contributed by atoms with Crippen LogP contribution >= 0.6 is 0 Å². The van der Waals surface area contributed by atoms with Crippen molar-refractivity contribution in [1.82, 2.24) is 0 Å². The molecule has 0 heterocycles. The quantitative estimate of drug-likeness (QED) is 0.196. The van der Waals surface area contributed by atoms with Gasteiger partial charge in [0.05, 0.1) is 6.10 Å². The van der Waals surface area contributed by atoms with Crippen LogP contribution in [0.2, 0.25) is 0 Å². The molecule has 0 bridgehead atoms. The maximum absolute atomic E-state index is 10.6. The van der Waals surface area contributed by atoms with Crippen molar-refractivity contribution in [3.8, 4) is 0 Å². The predicted molar refractivity (Wildman–Crippen MR) is 124 cm³/mol. The van der Waals surface area contributed by atoms with E-state index in [2.05, 4.69) is 42.5 Å². The Labute approximate surface area is 179 Å². The first kappa shape index (κ1) is 25.4. The van der Waals surface area contributed by atoms with Crippen molar-refractivity contribution >= 4 is 5.91 Å². The number of nitrogens with two attached hydrogens (primary N) is 1. The number of carbonyl (C=O) groups excluding carboxylic acids is 1. The summed E-state index contributed by atoms with van der Waals surface area (Å²) in [6.07, 6.45) is 22.7. The molecule has 1 amide bonds. The Morgan fingerprint density at radius 3 is 1.90 bits per heavy atom. The van der Waals surface area contributed by atoms with Gasteiger partial charge in [0.1, 0.15) is 0 Å². The van der Waals surface area contributed by atoms with Crippen LogP contribution in [-0.4, -0.2) is 13.0 Å². The van der Waals surface area contributed by atoms with Crippen molar-refractivity contribution in [2.45, 2.75) is 102 Å². The van der Waals surface area contributed by atoms with E-state index in [9.17, 15) is 4.79 Å². The van der Waals surface area contributed by atoms with Gasteiger partial charge in [-0.1, -0.05) is 93.9 Å². The zero-order chi connectivity index (χ0) is 21.0. The lowest BCUT2D eigenvalue weighted by atomic mass is 10.0. The Morgan fingerprint density at radius 1 is 0.828 bits per heavy atom. The molecular weight excluding hydrogens is 358 g/mol. The number of amides is 1. The third kappa shape index (κ3) is 15.0. The van der Waals surface area contributed by atoms with Gasteiger partial charge in [0.2, 0.25) is 5.91 Å². The smallest absolute Gasteiger partial charge is 0.217 e. The van der Waals surface area contributed by atoms with Gasteiger partial charge in [-0.2, -0.15) is 0 Å². The van der Waals surface area contributed by atoms with E-state index in [1.54, 1.807) is 0 Å². The molecule has 3 nitrogen and oxygen atoms in total. The van der Waals surface area contributed by atoms with Crippen molar-refractivity contribution in [3.63, 3.8) is 0 Å². The van der Waals surface area contributed by atoms with Crippen LogP contribution in [0, 0.1) is 0 Å². The average molecular weight is 402 g/mol. The number of rotatable bonds is 19. The van der Waals surface area contributed by atoms with Gasteiger partial charge in [-0.15, -0.1) is 0 Å². The molecule has 1 aromatic rings. The molecule has 1 atom stereocenters. The van der Waals surface area contributed by atoms with Crippen LogP contribution in [0.15, 0.2) is 42.5 Å². The number of allylic oxidation sites excluding steroid dienone is 2. The topological polar surface area (TPSA) is 52.3 Å². The average Bonchev–Trinajstić information content (AvgIpc) is 2.73. The summed E-state index contributed by atoms with van der Waals surface area (Å²) in [6, 6.07) is 10.6.